The predicted octanol–water partition coefficient (Wildman–Crippen LogP) is -9.30. The van der Waals surface area contributed by atoms with Crippen LogP contribution in [-0.4, -0.2) is 21.9 Å². The Bertz CT molecular complexity index is 12.0. The Morgan fingerprint density at radius 3 is 0.375 bits per heavy atom. The van der Waals surface area contributed by atoms with Gasteiger partial charge in [0.05, 0.1) is 0 Å². The van der Waals surface area contributed by atoms with Crippen LogP contribution >= 0.6 is 0 Å². The minimum Gasteiger partial charge on any atom is -1.00 e. The largest absolute Gasteiger partial charge is 2.00 e. The molecule has 0 unspecified atom stereocenters. The van der Waals surface area contributed by atoms with Crippen molar-refractivity contribution in [1.82, 2.24) is 0 Å². The first-order valence-electron chi connectivity index (χ1n) is 0. The maximum atomic E-state index is 0. The summed E-state index contributed by atoms with van der Waals surface area (Å²) in [6.45, 7) is 0. The molecule has 0 aromatic heterocycles. The smallest absolute Gasteiger partial charge is 1.00 e. The van der Waals surface area contributed by atoms with Gasteiger partial charge in [-0.2, -0.15) is 0 Å². The van der Waals surface area contributed by atoms with Gasteiger partial charge in [0.2, 0.25) is 0 Å². The molecule has 0 saturated heterocycles. The molecule has 0 aliphatic heterocycles. The van der Waals surface area contributed by atoms with Gasteiger partial charge in [0.15, 0.2) is 0 Å². The summed E-state index contributed by atoms with van der Waals surface area (Å²) in [5.41, 5.74) is 0. The van der Waals surface area contributed by atoms with E-state index in [9.17, 15) is 0 Å². The molecule has 0 aliphatic carbocycles. The van der Waals surface area contributed by atoms with E-state index < -0.39 is 0 Å². The fourth-order valence-electron chi connectivity index (χ4n) is 0. The molecule has 0 amide bonds. The summed E-state index contributed by atoms with van der Waals surface area (Å²) in [6, 6.07) is 0. The van der Waals surface area contributed by atoms with Crippen molar-refractivity contribution < 1.29 is 70.3 Å². The fourth-order valence-corrected chi connectivity index (χ4v) is 0. The molecule has 0 heterocycles. The minimum absolute atomic E-state index is 0. The summed E-state index contributed by atoms with van der Waals surface area (Å²) in [4.78, 5) is 0. The van der Waals surface area contributed by atoms with Gasteiger partial charge in [-0.1, -0.05) is 0 Å². The molecule has 0 fully saturated rings. The van der Waals surface area contributed by atoms with Crippen LogP contribution in [0, 0.1) is 0 Å². The van der Waals surface area contributed by atoms with Crippen LogP contribution in [0.2, 0.25) is 0 Å². The van der Waals surface area contributed by atoms with E-state index in [0.717, 1.165) is 0 Å². The first-order valence-corrected chi connectivity index (χ1v) is 0. The van der Waals surface area contributed by atoms with Crippen LogP contribution in [0.5, 0.6) is 0 Å². The van der Waals surface area contributed by atoms with Gasteiger partial charge in [0.25, 0.3) is 0 Å². The Kier molecular flexibility index (Phi) is 33700. The van der Waals surface area contributed by atoms with Crippen LogP contribution in [0.25, 0.3) is 0 Å². The van der Waals surface area contributed by atoms with Crippen molar-refractivity contribution >= 4 is 0 Å². The van der Waals surface area contributed by atoms with Crippen molar-refractivity contribution in [3.05, 3.63) is 0 Å². The SMILES string of the molecule is O.O.O.O.[F-].[F-].[Zn+2].[Zn+2]. The molecule has 0 aromatic rings. The topological polar surface area (TPSA) is 126 Å². The molecule has 0 aliphatic rings. The Morgan fingerprint density at radius 2 is 0.375 bits per heavy atom. The molecule has 4 nitrogen and oxygen atoms in total. The first-order chi connectivity index (χ1) is 0. The zero-order valence-corrected chi connectivity index (χ0v) is 10.1. The monoisotopic (exact) mass is 238 g/mol. The standard InChI is InChI=1S/2FH.4H2O.2Zn/h2*1H;4*1H2;;/q;;;;;;2*+2/p-2. The molecule has 0 atom stereocenters. The molecule has 0 radical (unpaired) electrons. The van der Waals surface area contributed by atoms with E-state index >= 15 is 0 Å². The van der Waals surface area contributed by atoms with E-state index in [1.807, 2.05) is 0 Å². The normalized spacial score (nSPS) is 0. The molecule has 48 valence electrons. The van der Waals surface area contributed by atoms with Crippen LogP contribution in [0.4, 0.5) is 0 Å². The summed E-state index contributed by atoms with van der Waals surface area (Å²) in [6.07, 6.45) is 0. The molecule has 0 aromatic carbocycles. The van der Waals surface area contributed by atoms with Crippen molar-refractivity contribution in [2.24, 2.45) is 0 Å². The molecule has 8 heteroatoms. The summed E-state index contributed by atoms with van der Waals surface area (Å²) in [5.74, 6) is 0. The van der Waals surface area contributed by atoms with Crippen LogP contribution in [0.3, 0.4) is 0 Å². The Balaban J connectivity index is 0. The van der Waals surface area contributed by atoms with Gasteiger partial charge in [-0.3, -0.25) is 0 Å². The van der Waals surface area contributed by atoms with Crippen molar-refractivity contribution in [3.8, 4) is 0 Å². The third-order valence-electron chi connectivity index (χ3n) is 0. The van der Waals surface area contributed by atoms with Crippen LogP contribution in [-0.2, 0) is 39.0 Å². The second kappa shape index (κ2) is 428. The van der Waals surface area contributed by atoms with Crippen molar-refractivity contribution in [3.63, 3.8) is 0 Å². The number of rotatable bonds is 0. The van der Waals surface area contributed by atoms with Crippen molar-refractivity contribution in [2.45, 2.75) is 0 Å². The van der Waals surface area contributed by atoms with E-state index in [-0.39, 0.29) is 70.3 Å². The average molecular weight is 241 g/mol. The van der Waals surface area contributed by atoms with Gasteiger partial charge in [-0.15, -0.1) is 0 Å². The predicted molar refractivity (Wildman–Crippen MR) is 14.5 cm³/mol. The van der Waals surface area contributed by atoms with Gasteiger partial charge < -0.3 is 31.3 Å². The Morgan fingerprint density at radius 1 is 0.375 bits per heavy atom. The van der Waals surface area contributed by atoms with Crippen LogP contribution < -0.4 is 9.41 Å². The minimum atomic E-state index is 0. The van der Waals surface area contributed by atoms with E-state index in [1.54, 1.807) is 0 Å². The van der Waals surface area contributed by atoms with Gasteiger partial charge in [-0.25, -0.2) is 0 Å². The molecule has 8 heavy (non-hydrogen) atoms. The van der Waals surface area contributed by atoms with E-state index in [1.165, 1.54) is 0 Å². The summed E-state index contributed by atoms with van der Waals surface area (Å²) in [7, 11) is 0. The summed E-state index contributed by atoms with van der Waals surface area (Å²) < 4.78 is 0. The van der Waals surface area contributed by atoms with E-state index in [2.05, 4.69) is 0 Å². The van der Waals surface area contributed by atoms with E-state index in [4.69, 9.17) is 0 Å². The van der Waals surface area contributed by atoms with Gasteiger partial charge in [0, 0.05) is 0 Å². The Labute approximate surface area is 70.5 Å². The zero-order chi connectivity index (χ0) is 0. The number of halogens is 2. The number of hydrogen-bond acceptors (Lipinski definition) is 0. The fraction of sp³-hybridized carbons (Fsp3) is 0. The Hall–Kier alpha value is 0.947. The molecule has 0 rings (SSSR count). The van der Waals surface area contributed by atoms with Crippen molar-refractivity contribution in [2.75, 3.05) is 0 Å². The molecule has 0 spiro atoms. The van der Waals surface area contributed by atoms with E-state index in [0.29, 0.717) is 0 Å². The van der Waals surface area contributed by atoms with Crippen molar-refractivity contribution in [1.29, 1.82) is 0 Å². The molecule has 0 bridgehead atoms. The second-order valence-corrected chi connectivity index (χ2v) is 0. The maximum absolute atomic E-state index is 0. The number of hydrogen-bond donors (Lipinski definition) is 0. The van der Waals surface area contributed by atoms with Crippen LogP contribution in [0.15, 0.2) is 0 Å². The molecule has 8 N–H and O–H groups in total. The quantitative estimate of drug-likeness (QED) is 0.373. The summed E-state index contributed by atoms with van der Waals surface area (Å²) >= 11 is 0. The van der Waals surface area contributed by atoms with Gasteiger partial charge in [0.1, 0.15) is 0 Å². The summed E-state index contributed by atoms with van der Waals surface area (Å²) in [5, 5.41) is 0. The third-order valence-corrected chi connectivity index (χ3v) is 0. The molecular weight excluding hydrogens is 233 g/mol. The molecule has 0 saturated carbocycles. The van der Waals surface area contributed by atoms with Gasteiger partial charge in [-0.05, 0) is 0 Å². The second-order valence-electron chi connectivity index (χ2n) is 0. The van der Waals surface area contributed by atoms with Crippen LogP contribution in [0.1, 0.15) is 0 Å². The molecular formula is H8F2O4Zn2+2. The average Bonchev–Trinajstić information content (AvgIpc) is 0. The first kappa shape index (κ1) is 630. The van der Waals surface area contributed by atoms with Gasteiger partial charge >= 0.3 is 39.0 Å². The maximum Gasteiger partial charge on any atom is 2.00 e. The zero-order valence-electron chi connectivity index (χ0n) is 4.17. The third kappa shape index (κ3) is 274.